The van der Waals surface area contributed by atoms with Gasteiger partial charge in [-0.15, -0.1) is 0 Å². The van der Waals surface area contributed by atoms with Crippen LogP contribution in [0.3, 0.4) is 0 Å². The van der Waals surface area contributed by atoms with Crippen molar-refractivity contribution in [1.82, 2.24) is 10.2 Å². The Morgan fingerprint density at radius 3 is 2.56 bits per heavy atom. The molecule has 27 heavy (non-hydrogen) atoms. The zero-order valence-electron chi connectivity index (χ0n) is 15.1. The molecule has 1 unspecified atom stereocenters. The number of halogens is 1. The summed E-state index contributed by atoms with van der Waals surface area (Å²) >= 11 is 0. The quantitative estimate of drug-likeness (QED) is 0.623. The lowest BCUT2D eigenvalue weighted by Gasteiger charge is -2.15. The second kappa shape index (κ2) is 8.12. The third-order valence-corrected chi connectivity index (χ3v) is 4.98. The lowest BCUT2D eigenvalue weighted by Crippen LogP contribution is -2.04. The van der Waals surface area contributed by atoms with Gasteiger partial charge in [-0.1, -0.05) is 36.4 Å². The Hall–Kier alpha value is -3.01. The molecule has 0 radical (unpaired) electrons. The molecule has 4 heteroatoms. The molecule has 4 rings (SSSR count). The standard InChI is InChI=1S/C23H22FN3/c24-20-11-9-19(10-12-20)23-22(18-13-15-25-16-14-18)21(26-27-23)8-4-7-17-5-2-1-3-6-17/h1-3,5-6,9-13,15-16,18H,4,7-8,14H2,(H,26,27). The van der Waals surface area contributed by atoms with E-state index >= 15 is 0 Å². The molecule has 136 valence electrons. The van der Waals surface area contributed by atoms with Gasteiger partial charge >= 0.3 is 0 Å². The topological polar surface area (TPSA) is 41.0 Å². The van der Waals surface area contributed by atoms with Crippen molar-refractivity contribution in [2.24, 2.45) is 4.99 Å². The predicted molar refractivity (Wildman–Crippen MR) is 107 cm³/mol. The maximum atomic E-state index is 13.3. The first-order chi connectivity index (χ1) is 13.3. The molecule has 1 aliphatic heterocycles. The molecule has 0 saturated heterocycles. The maximum Gasteiger partial charge on any atom is 0.123 e. The number of aromatic amines is 1. The van der Waals surface area contributed by atoms with E-state index in [1.54, 1.807) is 12.1 Å². The monoisotopic (exact) mass is 359 g/mol. The van der Waals surface area contributed by atoms with E-state index in [4.69, 9.17) is 0 Å². The van der Waals surface area contributed by atoms with Crippen molar-refractivity contribution in [3.05, 3.63) is 89.5 Å². The van der Waals surface area contributed by atoms with Gasteiger partial charge in [-0.25, -0.2) is 4.39 Å². The summed E-state index contributed by atoms with van der Waals surface area (Å²) in [5.74, 6) is 0.0108. The van der Waals surface area contributed by atoms with Crippen LogP contribution in [0.2, 0.25) is 0 Å². The third kappa shape index (κ3) is 4.05. The summed E-state index contributed by atoms with van der Waals surface area (Å²) in [6.07, 6.45) is 9.79. The van der Waals surface area contributed by atoms with Crippen molar-refractivity contribution in [2.45, 2.75) is 31.6 Å². The van der Waals surface area contributed by atoms with Crippen molar-refractivity contribution in [3.63, 3.8) is 0 Å². The van der Waals surface area contributed by atoms with E-state index in [0.29, 0.717) is 0 Å². The van der Waals surface area contributed by atoms with Gasteiger partial charge in [0.05, 0.1) is 5.69 Å². The van der Waals surface area contributed by atoms with Crippen LogP contribution in [0.25, 0.3) is 11.3 Å². The maximum absolute atomic E-state index is 13.3. The molecular weight excluding hydrogens is 337 g/mol. The van der Waals surface area contributed by atoms with E-state index in [-0.39, 0.29) is 11.7 Å². The minimum Gasteiger partial charge on any atom is -0.282 e. The highest BCUT2D eigenvalue weighted by atomic mass is 19.1. The molecule has 0 amide bonds. The summed E-state index contributed by atoms with van der Waals surface area (Å²) < 4.78 is 13.3. The lowest BCUT2D eigenvalue weighted by atomic mass is 9.89. The Kier molecular flexibility index (Phi) is 5.24. The van der Waals surface area contributed by atoms with Crippen LogP contribution in [0.15, 0.2) is 71.9 Å². The first-order valence-electron chi connectivity index (χ1n) is 9.36. The predicted octanol–water partition coefficient (Wildman–Crippen LogP) is 5.46. The fourth-order valence-electron chi connectivity index (χ4n) is 3.60. The summed E-state index contributed by atoms with van der Waals surface area (Å²) in [7, 11) is 0. The van der Waals surface area contributed by atoms with Crippen LogP contribution in [-0.2, 0) is 12.8 Å². The molecule has 1 N–H and O–H groups in total. The number of hydrogen-bond acceptors (Lipinski definition) is 2. The second-order valence-electron chi connectivity index (χ2n) is 6.83. The van der Waals surface area contributed by atoms with Gasteiger partial charge in [0.15, 0.2) is 0 Å². The molecule has 0 spiro atoms. The Morgan fingerprint density at radius 2 is 1.81 bits per heavy atom. The number of aryl methyl sites for hydroxylation is 2. The molecule has 3 aromatic rings. The number of benzene rings is 2. The average Bonchev–Trinajstić information content (AvgIpc) is 3.14. The number of hydrogen-bond donors (Lipinski definition) is 1. The normalized spacial score (nSPS) is 16.0. The number of aromatic nitrogens is 2. The van der Waals surface area contributed by atoms with Crippen LogP contribution >= 0.6 is 0 Å². The molecule has 0 fully saturated rings. The molecule has 2 heterocycles. The molecule has 0 bridgehead atoms. The van der Waals surface area contributed by atoms with Gasteiger partial charge < -0.3 is 0 Å². The van der Waals surface area contributed by atoms with Crippen molar-refractivity contribution in [1.29, 1.82) is 0 Å². The van der Waals surface area contributed by atoms with Gasteiger partial charge in [0.25, 0.3) is 0 Å². The first-order valence-corrected chi connectivity index (χ1v) is 9.36. The second-order valence-corrected chi connectivity index (χ2v) is 6.83. The summed E-state index contributed by atoms with van der Waals surface area (Å²) in [5, 5.41) is 7.84. The van der Waals surface area contributed by atoms with Crippen LogP contribution in [0.4, 0.5) is 4.39 Å². The summed E-state index contributed by atoms with van der Waals surface area (Å²) in [4.78, 5) is 4.20. The van der Waals surface area contributed by atoms with Crippen molar-refractivity contribution in [2.75, 3.05) is 0 Å². The Bertz CT molecular complexity index is 940. The van der Waals surface area contributed by atoms with Crippen LogP contribution in [-0.4, -0.2) is 16.4 Å². The fraction of sp³-hybridized carbons (Fsp3) is 0.217. The smallest absolute Gasteiger partial charge is 0.123 e. The molecule has 3 nitrogen and oxygen atoms in total. The molecule has 0 saturated carbocycles. The number of nitrogens with one attached hydrogen (secondary N) is 1. The van der Waals surface area contributed by atoms with E-state index in [1.165, 1.54) is 23.3 Å². The van der Waals surface area contributed by atoms with E-state index < -0.39 is 0 Å². The number of nitrogens with zero attached hydrogens (tertiary/aromatic N) is 2. The lowest BCUT2D eigenvalue weighted by molar-refractivity contribution is 0.628. The summed E-state index contributed by atoms with van der Waals surface area (Å²) in [5.41, 5.74) is 5.57. The largest absolute Gasteiger partial charge is 0.282 e. The average molecular weight is 359 g/mol. The van der Waals surface area contributed by atoms with Crippen molar-refractivity contribution < 1.29 is 4.39 Å². The number of allylic oxidation sites excluding steroid dienone is 1. The summed E-state index contributed by atoms with van der Waals surface area (Å²) in [6.45, 7) is 0. The molecule has 1 aromatic heterocycles. The fourth-order valence-corrected chi connectivity index (χ4v) is 3.60. The minimum atomic E-state index is -0.233. The molecule has 1 atom stereocenters. The zero-order valence-corrected chi connectivity index (χ0v) is 15.1. The van der Waals surface area contributed by atoms with E-state index in [9.17, 15) is 4.39 Å². The van der Waals surface area contributed by atoms with Crippen LogP contribution in [0, 0.1) is 5.82 Å². The molecule has 2 aromatic carbocycles. The molecule has 0 aliphatic carbocycles. The van der Waals surface area contributed by atoms with Gasteiger partial charge in [0.2, 0.25) is 0 Å². The van der Waals surface area contributed by atoms with E-state index in [1.807, 2.05) is 18.5 Å². The first kappa shape index (κ1) is 17.4. The number of aliphatic imine (C=N–C) groups is 1. The molecular formula is C23H22FN3. The number of rotatable bonds is 6. The Labute approximate surface area is 158 Å². The van der Waals surface area contributed by atoms with Crippen LogP contribution in [0.5, 0.6) is 0 Å². The highest BCUT2D eigenvalue weighted by molar-refractivity contribution is 5.69. The Morgan fingerprint density at radius 1 is 1.00 bits per heavy atom. The van der Waals surface area contributed by atoms with Crippen molar-refractivity contribution in [3.8, 4) is 11.3 Å². The summed E-state index contributed by atoms with van der Waals surface area (Å²) in [6, 6.07) is 17.1. The van der Waals surface area contributed by atoms with E-state index in [2.05, 4.69) is 45.5 Å². The van der Waals surface area contributed by atoms with Gasteiger partial charge in [-0.05, 0) is 55.5 Å². The van der Waals surface area contributed by atoms with E-state index in [0.717, 1.165) is 42.6 Å². The highest BCUT2D eigenvalue weighted by Gasteiger charge is 2.22. The van der Waals surface area contributed by atoms with Gasteiger partial charge in [0, 0.05) is 35.2 Å². The van der Waals surface area contributed by atoms with Crippen LogP contribution in [0.1, 0.15) is 35.6 Å². The highest BCUT2D eigenvalue weighted by Crippen LogP contribution is 2.34. The van der Waals surface area contributed by atoms with Gasteiger partial charge in [-0.3, -0.25) is 10.1 Å². The Balaban J connectivity index is 1.59. The minimum absolute atomic E-state index is 0.233. The van der Waals surface area contributed by atoms with Gasteiger partial charge in [0.1, 0.15) is 5.82 Å². The SMILES string of the molecule is Fc1ccc(-c2n[nH]c(CCCc3ccccc3)c2C2C=CN=CC2)cc1. The zero-order chi connectivity index (χ0) is 18.5. The molecule has 1 aliphatic rings. The van der Waals surface area contributed by atoms with Crippen molar-refractivity contribution >= 4 is 6.21 Å². The van der Waals surface area contributed by atoms with Gasteiger partial charge in [-0.2, -0.15) is 5.10 Å². The third-order valence-electron chi connectivity index (χ3n) is 4.98. The van der Waals surface area contributed by atoms with Crippen LogP contribution < -0.4 is 0 Å². The number of H-pyrrole nitrogens is 1.